The average molecular weight is 381 g/mol. The molecule has 2 heterocycles. The zero-order chi connectivity index (χ0) is 20.3. The monoisotopic (exact) mass is 381 g/mol. The number of hydrogen-bond acceptors (Lipinski definition) is 5. The third kappa shape index (κ3) is 3.51. The molecule has 7 heteroatoms. The van der Waals surface area contributed by atoms with Crippen LogP contribution in [-0.2, 0) is 9.47 Å². The topological polar surface area (TPSA) is 99.3 Å². The summed E-state index contributed by atoms with van der Waals surface area (Å²) in [4.78, 5) is 27.8. The quantitative estimate of drug-likeness (QED) is 0.501. The Morgan fingerprint density at radius 2 is 1.79 bits per heavy atom. The Labute approximate surface area is 163 Å². The van der Waals surface area contributed by atoms with Gasteiger partial charge in [-0.1, -0.05) is 12.1 Å². The van der Waals surface area contributed by atoms with Crippen molar-refractivity contribution in [1.82, 2.24) is 9.55 Å². The fourth-order valence-electron chi connectivity index (χ4n) is 3.16. The zero-order valence-corrected chi connectivity index (χ0v) is 16.1. The van der Waals surface area contributed by atoms with Crippen molar-refractivity contribution in [2.75, 3.05) is 18.9 Å². The maximum Gasteiger partial charge on any atom is 0.356 e. The molecule has 3 aromatic rings. The lowest BCUT2D eigenvalue weighted by Crippen LogP contribution is -2.11. The van der Waals surface area contributed by atoms with Gasteiger partial charge in [0.15, 0.2) is 0 Å². The van der Waals surface area contributed by atoms with Crippen LogP contribution in [0.1, 0.15) is 40.4 Å². The lowest BCUT2D eigenvalue weighted by atomic mass is 10.1. The first-order chi connectivity index (χ1) is 13.5. The Kier molecular flexibility index (Phi) is 5.54. The summed E-state index contributed by atoms with van der Waals surface area (Å²) >= 11 is 0. The molecule has 7 nitrogen and oxygen atoms in total. The molecule has 0 aliphatic rings. The predicted molar refractivity (Wildman–Crippen MR) is 107 cm³/mol. The van der Waals surface area contributed by atoms with Crippen LogP contribution in [-0.4, -0.2) is 34.7 Å². The minimum Gasteiger partial charge on any atom is -0.462 e. The molecule has 0 fully saturated rings. The van der Waals surface area contributed by atoms with Crippen molar-refractivity contribution in [3.05, 3.63) is 59.5 Å². The van der Waals surface area contributed by atoms with Crippen LogP contribution >= 0.6 is 0 Å². The van der Waals surface area contributed by atoms with Gasteiger partial charge in [0.25, 0.3) is 0 Å². The van der Waals surface area contributed by atoms with Crippen molar-refractivity contribution in [3.63, 3.8) is 0 Å². The van der Waals surface area contributed by atoms with Crippen molar-refractivity contribution in [2.45, 2.75) is 20.8 Å². The Morgan fingerprint density at radius 3 is 2.46 bits per heavy atom. The van der Waals surface area contributed by atoms with Gasteiger partial charge in [-0.25, -0.2) is 9.59 Å². The minimum absolute atomic E-state index is 0.262. The SMILES string of the molecule is CCOC(=O)c1cc(-c2cccc(N)c2)n(-c2cc[nH]c2C(=O)OCC)c1C. The highest BCUT2D eigenvalue weighted by Crippen LogP contribution is 2.32. The van der Waals surface area contributed by atoms with E-state index in [-0.39, 0.29) is 13.2 Å². The molecule has 3 rings (SSSR count). The van der Waals surface area contributed by atoms with Crippen LogP contribution in [0.25, 0.3) is 16.9 Å². The van der Waals surface area contributed by atoms with E-state index in [1.807, 2.05) is 29.7 Å². The van der Waals surface area contributed by atoms with E-state index in [1.165, 1.54) is 0 Å². The van der Waals surface area contributed by atoms with E-state index in [9.17, 15) is 9.59 Å². The van der Waals surface area contributed by atoms with Crippen LogP contribution in [0.3, 0.4) is 0 Å². The van der Waals surface area contributed by atoms with Gasteiger partial charge >= 0.3 is 11.9 Å². The number of rotatable bonds is 6. The first-order valence-electron chi connectivity index (χ1n) is 9.08. The van der Waals surface area contributed by atoms with E-state index in [1.54, 1.807) is 38.2 Å². The Hall–Kier alpha value is -3.48. The summed E-state index contributed by atoms with van der Waals surface area (Å²) in [7, 11) is 0. The molecule has 28 heavy (non-hydrogen) atoms. The number of nitrogens with one attached hydrogen (secondary N) is 1. The maximum atomic E-state index is 12.5. The van der Waals surface area contributed by atoms with Gasteiger partial charge in [-0.15, -0.1) is 0 Å². The zero-order valence-electron chi connectivity index (χ0n) is 16.1. The minimum atomic E-state index is -0.466. The molecular weight excluding hydrogens is 358 g/mol. The first-order valence-corrected chi connectivity index (χ1v) is 9.08. The number of hydrogen-bond donors (Lipinski definition) is 2. The van der Waals surface area contributed by atoms with E-state index in [0.29, 0.717) is 28.3 Å². The fourth-order valence-corrected chi connectivity index (χ4v) is 3.16. The predicted octanol–water partition coefficient (Wildman–Crippen LogP) is 3.72. The Balaban J connectivity index is 2.24. The van der Waals surface area contributed by atoms with Crippen molar-refractivity contribution in [3.8, 4) is 16.9 Å². The fraction of sp³-hybridized carbons (Fsp3) is 0.238. The molecule has 0 saturated heterocycles. The normalized spacial score (nSPS) is 10.7. The van der Waals surface area contributed by atoms with Gasteiger partial charge in [0, 0.05) is 23.1 Å². The number of carbonyl (C=O) groups is 2. The summed E-state index contributed by atoms with van der Waals surface area (Å²) in [6, 6.07) is 10.9. The second kappa shape index (κ2) is 8.04. The highest BCUT2D eigenvalue weighted by Gasteiger charge is 2.24. The summed E-state index contributed by atoms with van der Waals surface area (Å²) in [5, 5.41) is 0. The average Bonchev–Trinajstić information content (AvgIpc) is 3.26. The first kappa shape index (κ1) is 19.3. The molecular formula is C21H23N3O4. The molecule has 0 aliphatic heterocycles. The van der Waals surface area contributed by atoms with E-state index >= 15 is 0 Å². The number of ether oxygens (including phenoxy) is 2. The summed E-state index contributed by atoms with van der Waals surface area (Å²) in [6.45, 7) is 5.85. The van der Waals surface area contributed by atoms with E-state index in [0.717, 1.165) is 11.3 Å². The van der Waals surface area contributed by atoms with E-state index < -0.39 is 11.9 Å². The number of carbonyl (C=O) groups excluding carboxylic acids is 2. The highest BCUT2D eigenvalue weighted by molar-refractivity contribution is 5.95. The molecule has 1 aromatic carbocycles. The highest BCUT2D eigenvalue weighted by atomic mass is 16.5. The maximum absolute atomic E-state index is 12.5. The standard InChI is InChI=1S/C21H23N3O4/c1-4-27-20(25)16-12-18(14-7-6-8-15(22)11-14)24(13(16)3)17-9-10-23-19(17)21(26)28-5-2/h6-12,23H,4-5,22H2,1-3H3. The molecule has 0 saturated carbocycles. The second-order valence-corrected chi connectivity index (χ2v) is 6.17. The Bertz CT molecular complexity index is 1020. The molecule has 0 unspecified atom stereocenters. The number of nitrogens with two attached hydrogens (primary N) is 1. The van der Waals surface area contributed by atoms with Crippen molar-refractivity contribution in [2.24, 2.45) is 0 Å². The number of benzene rings is 1. The van der Waals surface area contributed by atoms with Gasteiger partial charge in [-0.3, -0.25) is 0 Å². The van der Waals surface area contributed by atoms with Crippen molar-refractivity contribution in [1.29, 1.82) is 0 Å². The molecule has 0 bridgehead atoms. The van der Waals surface area contributed by atoms with Crippen LogP contribution in [0.2, 0.25) is 0 Å². The number of esters is 2. The van der Waals surface area contributed by atoms with Gasteiger partial charge < -0.3 is 24.8 Å². The van der Waals surface area contributed by atoms with Gasteiger partial charge in [-0.05, 0) is 45.0 Å². The number of anilines is 1. The number of nitrogen functional groups attached to an aromatic ring is 1. The largest absolute Gasteiger partial charge is 0.462 e. The van der Waals surface area contributed by atoms with Gasteiger partial charge in [0.05, 0.1) is 30.2 Å². The molecule has 146 valence electrons. The lowest BCUT2D eigenvalue weighted by Gasteiger charge is -2.13. The molecule has 3 N–H and O–H groups in total. The van der Waals surface area contributed by atoms with Gasteiger partial charge in [0.2, 0.25) is 0 Å². The van der Waals surface area contributed by atoms with Crippen LogP contribution in [0.4, 0.5) is 5.69 Å². The second-order valence-electron chi connectivity index (χ2n) is 6.17. The lowest BCUT2D eigenvalue weighted by molar-refractivity contribution is 0.0514. The van der Waals surface area contributed by atoms with Crippen LogP contribution in [0.5, 0.6) is 0 Å². The molecule has 0 spiro atoms. The molecule has 0 aliphatic carbocycles. The smallest absolute Gasteiger partial charge is 0.356 e. The van der Waals surface area contributed by atoms with E-state index in [4.69, 9.17) is 15.2 Å². The third-order valence-corrected chi connectivity index (χ3v) is 4.37. The molecule has 0 amide bonds. The van der Waals surface area contributed by atoms with Crippen molar-refractivity contribution >= 4 is 17.6 Å². The molecule has 0 radical (unpaired) electrons. The summed E-state index contributed by atoms with van der Waals surface area (Å²) in [6.07, 6.45) is 1.66. The molecule has 2 aromatic heterocycles. The Morgan fingerprint density at radius 1 is 1.07 bits per heavy atom. The number of aromatic nitrogens is 2. The van der Waals surface area contributed by atoms with Crippen LogP contribution in [0, 0.1) is 6.92 Å². The van der Waals surface area contributed by atoms with E-state index in [2.05, 4.69) is 4.98 Å². The van der Waals surface area contributed by atoms with Crippen molar-refractivity contribution < 1.29 is 19.1 Å². The molecule has 0 atom stereocenters. The number of nitrogens with zero attached hydrogens (tertiary/aromatic N) is 1. The van der Waals surface area contributed by atoms with Crippen LogP contribution < -0.4 is 5.73 Å². The van der Waals surface area contributed by atoms with Gasteiger partial charge in [0.1, 0.15) is 5.69 Å². The summed E-state index contributed by atoms with van der Waals surface area (Å²) in [5.41, 5.74) is 10.1. The van der Waals surface area contributed by atoms with Crippen LogP contribution in [0.15, 0.2) is 42.6 Å². The third-order valence-electron chi connectivity index (χ3n) is 4.37. The summed E-state index contributed by atoms with van der Waals surface area (Å²) in [5.74, 6) is -0.885. The number of H-pyrrole nitrogens is 1. The summed E-state index contributed by atoms with van der Waals surface area (Å²) < 4.78 is 12.2. The van der Waals surface area contributed by atoms with Gasteiger partial charge in [-0.2, -0.15) is 0 Å². The number of aromatic amines is 1.